The number of benzene rings is 1. The number of nitrogens with zero attached hydrogens (tertiary/aromatic N) is 3. The Labute approximate surface area is 108 Å². The summed E-state index contributed by atoms with van der Waals surface area (Å²) in [6, 6.07) is 5.02. The Hall–Kier alpha value is -1.23. The van der Waals surface area contributed by atoms with Crippen LogP contribution in [0.1, 0.15) is 31.0 Å². The maximum absolute atomic E-state index is 13.6. The Morgan fingerprint density at radius 1 is 1.41 bits per heavy atom. The minimum Gasteiger partial charge on any atom is -0.248 e. The van der Waals surface area contributed by atoms with Crippen molar-refractivity contribution in [2.45, 2.75) is 26.3 Å². The first kappa shape index (κ1) is 12.2. The molecule has 0 fully saturated rings. The highest BCUT2D eigenvalue weighted by atomic mass is 79.9. The molecule has 0 bridgehead atoms. The first-order valence-electron chi connectivity index (χ1n) is 5.40. The van der Waals surface area contributed by atoms with Gasteiger partial charge in [0.25, 0.3) is 0 Å². The zero-order chi connectivity index (χ0) is 12.4. The van der Waals surface area contributed by atoms with Gasteiger partial charge in [0, 0.05) is 16.2 Å². The zero-order valence-corrected chi connectivity index (χ0v) is 11.3. The molecule has 0 saturated heterocycles. The third-order valence-electron chi connectivity index (χ3n) is 2.50. The van der Waals surface area contributed by atoms with Gasteiger partial charge >= 0.3 is 0 Å². The lowest BCUT2D eigenvalue weighted by Crippen LogP contribution is -2.02. The van der Waals surface area contributed by atoms with Crippen molar-refractivity contribution in [2.24, 2.45) is 0 Å². The van der Waals surface area contributed by atoms with E-state index in [1.165, 1.54) is 6.07 Å². The molecule has 0 radical (unpaired) electrons. The van der Waals surface area contributed by atoms with Crippen LogP contribution < -0.4 is 0 Å². The van der Waals surface area contributed by atoms with Gasteiger partial charge in [-0.3, -0.25) is 0 Å². The van der Waals surface area contributed by atoms with Gasteiger partial charge in [0.15, 0.2) is 0 Å². The van der Waals surface area contributed by atoms with Gasteiger partial charge in [-0.05, 0) is 18.1 Å². The van der Waals surface area contributed by atoms with E-state index >= 15 is 0 Å². The highest BCUT2D eigenvalue weighted by molar-refractivity contribution is 9.10. The average molecular weight is 298 g/mol. The van der Waals surface area contributed by atoms with Crippen LogP contribution >= 0.6 is 15.9 Å². The van der Waals surface area contributed by atoms with E-state index in [2.05, 4.69) is 40.1 Å². The van der Waals surface area contributed by atoms with Gasteiger partial charge in [-0.25, -0.2) is 9.07 Å². The predicted octanol–water partition coefficient (Wildman–Crippen LogP) is 3.35. The second-order valence-electron chi connectivity index (χ2n) is 4.23. The highest BCUT2D eigenvalue weighted by Crippen LogP contribution is 2.16. The molecule has 0 spiro atoms. The van der Waals surface area contributed by atoms with Gasteiger partial charge in [0.05, 0.1) is 12.2 Å². The Morgan fingerprint density at radius 3 is 2.76 bits per heavy atom. The van der Waals surface area contributed by atoms with Crippen molar-refractivity contribution in [1.29, 1.82) is 0 Å². The molecule has 3 nitrogen and oxygen atoms in total. The maximum atomic E-state index is 13.6. The Balaban J connectivity index is 2.19. The lowest BCUT2D eigenvalue weighted by atomic mass is 10.1. The standard InChI is InChI=1S/C12H13BrFN3/c1-8(2)12-7-17(16-15-12)6-9-3-4-10(13)5-11(9)14/h3-5,7-8H,6H2,1-2H3. The van der Waals surface area contributed by atoms with Crippen LogP contribution in [-0.2, 0) is 6.54 Å². The zero-order valence-electron chi connectivity index (χ0n) is 9.69. The largest absolute Gasteiger partial charge is 0.248 e. The molecule has 0 saturated carbocycles. The van der Waals surface area contributed by atoms with Gasteiger partial charge in [-0.1, -0.05) is 41.1 Å². The molecule has 0 unspecified atom stereocenters. The highest BCUT2D eigenvalue weighted by Gasteiger charge is 2.07. The minimum absolute atomic E-state index is 0.235. The van der Waals surface area contributed by atoms with Crippen molar-refractivity contribution >= 4 is 15.9 Å². The van der Waals surface area contributed by atoms with E-state index in [1.54, 1.807) is 10.7 Å². The van der Waals surface area contributed by atoms with Gasteiger partial charge in [-0.15, -0.1) is 5.10 Å². The van der Waals surface area contributed by atoms with E-state index in [0.717, 1.165) is 10.2 Å². The van der Waals surface area contributed by atoms with Crippen molar-refractivity contribution in [3.05, 3.63) is 45.9 Å². The van der Waals surface area contributed by atoms with E-state index in [9.17, 15) is 4.39 Å². The quantitative estimate of drug-likeness (QED) is 0.870. The molecule has 2 aromatic rings. The summed E-state index contributed by atoms with van der Waals surface area (Å²) >= 11 is 3.23. The average Bonchev–Trinajstić information content (AvgIpc) is 2.71. The summed E-state index contributed by atoms with van der Waals surface area (Å²) in [7, 11) is 0. The summed E-state index contributed by atoms with van der Waals surface area (Å²) in [6.07, 6.45) is 1.85. The Morgan fingerprint density at radius 2 is 2.18 bits per heavy atom. The fourth-order valence-electron chi connectivity index (χ4n) is 1.48. The van der Waals surface area contributed by atoms with Crippen molar-refractivity contribution < 1.29 is 4.39 Å². The predicted molar refractivity (Wildman–Crippen MR) is 67.3 cm³/mol. The molecule has 0 N–H and O–H groups in total. The number of hydrogen-bond donors (Lipinski definition) is 0. The summed E-state index contributed by atoms with van der Waals surface area (Å²) < 4.78 is 16.0. The van der Waals surface area contributed by atoms with Gasteiger partial charge in [0.1, 0.15) is 5.82 Å². The van der Waals surface area contributed by atoms with Crippen LogP contribution in [0.5, 0.6) is 0 Å². The fraction of sp³-hybridized carbons (Fsp3) is 0.333. The van der Waals surface area contributed by atoms with Crippen LogP contribution in [0.25, 0.3) is 0 Å². The van der Waals surface area contributed by atoms with E-state index in [-0.39, 0.29) is 5.82 Å². The van der Waals surface area contributed by atoms with Crippen LogP contribution in [0.15, 0.2) is 28.9 Å². The second kappa shape index (κ2) is 4.96. The summed E-state index contributed by atoms with van der Waals surface area (Å²) in [4.78, 5) is 0. The summed E-state index contributed by atoms with van der Waals surface area (Å²) in [5, 5.41) is 8.02. The number of aromatic nitrogens is 3. The second-order valence-corrected chi connectivity index (χ2v) is 5.15. The smallest absolute Gasteiger partial charge is 0.129 e. The topological polar surface area (TPSA) is 30.7 Å². The molecule has 1 heterocycles. The monoisotopic (exact) mass is 297 g/mol. The summed E-state index contributed by atoms with van der Waals surface area (Å²) in [6.45, 7) is 4.50. The van der Waals surface area contributed by atoms with E-state index in [0.29, 0.717) is 18.0 Å². The molecule has 0 aliphatic carbocycles. The van der Waals surface area contributed by atoms with Crippen molar-refractivity contribution in [3.63, 3.8) is 0 Å². The summed E-state index contributed by atoms with van der Waals surface area (Å²) in [5.74, 6) is 0.0967. The van der Waals surface area contributed by atoms with Crippen molar-refractivity contribution in [3.8, 4) is 0 Å². The van der Waals surface area contributed by atoms with Crippen LogP contribution in [0.2, 0.25) is 0 Å². The van der Waals surface area contributed by atoms with Gasteiger partial charge < -0.3 is 0 Å². The first-order chi connectivity index (χ1) is 8.06. The van der Waals surface area contributed by atoms with Crippen LogP contribution in [0.4, 0.5) is 4.39 Å². The van der Waals surface area contributed by atoms with Crippen LogP contribution in [-0.4, -0.2) is 15.0 Å². The lowest BCUT2D eigenvalue weighted by molar-refractivity contribution is 0.576. The molecule has 90 valence electrons. The molecule has 0 amide bonds. The van der Waals surface area contributed by atoms with E-state index in [1.807, 2.05) is 12.3 Å². The van der Waals surface area contributed by atoms with Gasteiger partial charge in [0.2, 0.25) is 0 Å². The number of hydrogen-bond acceptors (Lipinski definition) is 2. The molecule has 0 aliphatic heterocycles. The summed E-state index contributed by atoms with van der Waals surface area (Å²) in [5.41, 5.74) is 1.52. The molecule has 5 heteroatoms. The van der Waals surface area contributed by atoms with E-state index in [4.69, 9.17) is 0 Å². The van der Waals surface area contributed by atoms with Gasteiger partial charge in [-0.2, -0.15) is 0 Å². The Bertz CT molecular complexity index is 522. The SMILES string of the molecule is CC(C)c1cn(Cc2ccc(Br)cc2F)nn1. The molecule has 1 aromatic heterocycles. The minimum atomic E-state index is -0.235. The molecule has 1 aromatic carbocycles. The number of halogens is 2. The molecule has 0 aliphatic rings. The normalized spacial score (nSPS) is 11.1. The molecule has 17 heavy (non-hydrogen) atoms. The fourth-order valence-corrected chi connectivity index (χ4v) is 1.81. The lowest BCUT2D eigenvalue weighted by Gasteiger charge is -2.03. The van der Waals surface area contributed by atoms with Crippen LogP contribution in [0.3, 0.4) is 0 Å². The van der Waals surface area contributed by atoms with Crippen LogP contribution in [0, 0.1) is 5.82 Å². The molecular formula is C12H13BrFN3. The molecule has 0 atom stereocenters. The number of rotatable bonds is 3. The first-order valence-corrected chi connectivity index (χ1v) is 6.19. The van der Waals surface area contributed by atoms with E-state index < -0.39 is 0 Å². The third kappa shape index (κ3) is 2.91. The molecule has 2 rings (SSSR count). The van der Waals surface area contributed by atoms with Crippen molar-refractivity contribution in [2.75, 3.05) is 0 Å². The molecular weight excluding hydrogens is 285 g/mol. The third-order valence-corrected chi connectivity index (χ3v) is 2.99. The maximum Gasteiger partial charge on any atom is 0.129 e. The Kier molecular flexibility index (Phi) is 3.57. The van der Waals surface area contributed by atoms with Crippen molar-refractivity contribution in [1.82, 2.24) is 15.0 Å².